The Balaban J connectivity index is 4.06. The summed E-state index contributed by atoms with van der Waals surface area (Å²) in [6.07, 6.45) is 22.7. The molecule has 0 saturated carbocycles. The average Bonchev–Trinajstić information content (AvgIpc) is 2.58. The number of hydrogen-bond donors (Lipinski definition) is 1. The van der Waals surface area contributed by atoms with Gasteiger partial charge in [0.25, 0.3) is 0 Å². The molecule has 0 heterocycles. The van der Waals surface area contributed by atoms with Crippen molar-refractivity contribution in [3.63, 3.8) is 0 Å². The van der Waals surface area contributed by atoms with Crippen molar-refractivity contribution in [3.05, 3.63) is 0 Å². The average molecular weight is 327 g/mol. The Morgan fingerprint density at radius 3 is 1.22 bits per heavy atom. The fourth-order valence-electron chi connectivity index (χ4n) is 3.72. The first-order valence-corrected chi connectivity index (χ1v) is 10.9. The van der Waals surface area contributed by atoms with Crippen LogP contribution in [0.5, 0.6) is 0 Å². The van der Waals surface area contributed by atoms with E-state index in [0.29, 0.717) is 6.61 Å². The van der Waals surface area contributed by atoms with Gasteiger partial charge in [-0.15, -0.1) is 0 Å². The van der Waals surface area contributed by atoms with E-state index in [-0.39, 0.29) is 5.41 Å². The summed E-state index contributed by atoms with van der Waals surface area (Å²) >= 11 is 0. The highest BCUT2D eigenvalue weighted by Gasteiger charge is 2.27. The molecule has 0 aliphatic carbocycles. The second-order valence-electron chi connectivity index (χ2n) is 7.80. The van der Waals surface area contributed by atoms with E-state index in [1.165, 1.54) is 109 Å². The highest BCUT2D eigenvalue weighted by molar-refractivity contribution is 4.79. The molecule has 0 aromatic carbocycles. The summed E-state index contributed by atoms with van der Waals surface area (Å²) in [4.78, 5) is 0. The standard InChI is InChI=1S/C22H46O/c1-4-7-10-12-14-16-19-22(21-23,18-9-6-3)20-17-15-13-11-8-5-2/h23H,4-21H2,1-3H3. The topological polar surface area (TPSA) is 20.2 Å². The molecule has 0 spiro atoms. The maximum Gasteiger partial charge on any atom is 0.0487 e. The zero-order valence-corrected chi connectivity index (χ0v) is 16.7. The Hall–Kier alpha value is -0.0400. The molecule has 0 aliphatic rings. The van der Waals surface area contributed by atoms with Gasteiger partial charge in [0.15, 0.2) is 0 Å². The van der Waals surface area contributed by atoms with Gasteiger partial charge in [0.05, 0.1) is 0 Å². The molecular formula is C22H46O. The van der Waals surface area contributed by atoms with Gasteiger partial charge in [-0.25, -0.2) is 0 Å². The van der Waals surface area contributed by atoms with Crippen LogP contribution in [0.3, 0.4) is 0 Å². The molecule has 0 atom stereocenters. The van der Waals surface area contributed by atoms with Crippen LogP contribution in [0.1, 0.15) is 130 Å². The van der Waals surface area contributed by atoms with Crippen LogP contribution in [0, 0.1) is 5.41 Å². The number of aliphatic hydroxyl groups is 1. The van der Waals surface area contributed by atoms with E-state index in [9.17, 15) is 5.11 Å². The van der Waals surface area contributed by atoms with Crippen molar-refractivity contribution < 1.29 is 5.11 Å². The molecule has 1 heteroatoms. The third kappa shape index (κ3) is 13.0. The molecule has 23 heavy (non-hydrogen) atoms. The summed E-state index contributed by atoms with van der Waals surface area (Å²) in [6.45, 7) is 7.25. The Morgan fingerprint density at radius 1 is 0.478 bits per heavy atom. The van der Waals surface area contributed by atoms with Gasteiger partial charge in [-0.1, -0.05) is 111 Å². The van der Waals surface area contributed by atoms with Crippen molar-refractivity contribution in [2.45, 2.75) is 130 Å². The minimum absolute atomic E-state index is 0.242. The predicted octanol–water partition coefficient (Wildman–Crippen LogP) is 7.66. The van der Waals surface area contributed by atoms with Gasteiger partial charge < -0.3 is 5.11 Å². The van der Waals surface area contributed by atoms with Gasteiger partial charge in [0.2, 0.25) is 0 Å². The SMILES string of the molecule is CCCCCCCCC(CO)(CCCC)CCCCCCCC. The molecule has 0 aromatic rings. The van der Waals surface area contributed by atoms with Gasteiger partial charge >= 0.3 is 0 Å². The van der Waals surface area contributed by atoms with Gasteiger partial charge in [0.1, 0.15) is 0 Å². The van der Waals surface area contributed by atoms with Crippen molar-refractivity contribution in [1.29, 1.82) is 0 Å². The van der Waals surface area contributed by atoms with Crippen LogP contribution < -0.4 is 0 Å². The monoisotopic (exact) mass is 326 g/mol. The molecular weight excluding hydrogens is 280 g/mol. The first kappa shape index (κ1) is 23.0. The minimum Gasteiger partial charge on any atom is -0.396 e. The van der Waals surface area contributed by atoms with E-state index in [4.69, 9.17) is 0 Å². The Kier molecular flexibility index (Phi) is 16.8. The van der Waals surface area contributed by atoms with E-state index in [1.54, 1.807) is 0 Å². The number of aliphatic hydroxyl groups excluding tert-OH is 1. The third-order valence-electron chi connectivity index (χ3n) is 5.52. The molecule has 0 unspecified atom stereocenters. The molecule has 0 aromatic heterocycles. The third-order valence-corrected chi connectivity index (χ3v) is 5.52. The summed E-state index contributed by atoms with van der Waals surface area (Å²) in [5, 5.41) is 10.1. The van der Waals surface area contributed by atoms with Crippen molar-refractivity contribution >= 4 is 0 Å². The van der Waals surface area contributed by atoms with Crippen molar-refractivity contribution in [2.75, 3.05) is 6.61 Å². The first-order valence-electron chi connectivity index (χ1n) is 10.9. The van der Waals surface area contributed by atoms with E-state index in [0.717, 1.165) is 0 Å². The number of rotatable bonds is 18. The Bertz CT molecular complexity index is 208. The van der Waals surface area contributed by atoms with Gasteiger partial charge in [-0.2, -0.15) is 0 Å². The molecule has 0 rings (SSSR count). The quantitative estimate of drug-likeness (QED) is 0.256. The number of hydrogen-bond acceptors (Lipinski definition) is 1. The molecule has 0 amide bonds. The maximum atomic E-state index is 10.1. The first-order chi connectivity index (χ1) is 11.2. The number of unbranched alkanes of at least 4 members (excludes halogenated alkanes) is 11. The van der Waals surface area contributed by atoms with E-state index < -0.39 is 0 Å². The van der Waals surface area contributed by atoms with Gasteiger partial charge in [0, 0.05) is 6.61 Å². The summed E-state index contributed by atoms with van der Waals surface area (Å²) in [5.41, 5.74) is 0.242. The minimum atomic E-state index is 0.242. The Morgan fingerprint density at radius 2 is 0.826 bits per heavy atom. The van der Waals surface area contributed by atoms with Crippen molar-refractivity contribution in [3.8, 4) is 0 Å². The molecule has 0 saturated heterocycles. The molecule has 140 valence electrons. The van der Waals surface area contributed by atoms with Crippen molar-refractivity contribution in [1.82, 2.24) is 0 Å². The van der Waals surface area contributed by atoms with Crippen LogP contribution in [0.4, 0.5) is 0 Å². The van der Waals surface area contributed by atoms with E-state index >= 15 is 0 Å². The fourth-order valence-corrected chi connectivity index (χ4v) is 3.72. The summed E-state index contributed by atoms with van der Waals surface area (Å²) in [5.74, 6) is 0. The second kappa shape index (κ2) is 16.8. The van der Waals surface area contributed by atoms with Gasteiger partial charge in [-0.3, -0.25) is 0 Å². The van der Waals surface area contributed by atoms with Crippen LogP contribution in [0.25, 0.3) is 0 Å². The summed E-state index contributed by atoms with van der Waals surface area (Å²) in [6, 6.07) is 0. The highest BCUT2D eigenvalue weighted by Crippen LogP contribution is 2.36. The lowest BCUT2D eigenvalue weighted by atomic mass is 9.75. The maximum absolute atomic E-state index is 10.1. The lowest BCUT2D eigenvalue weighted by Gasteiger charge is -2.32. The van der Waals surface area contributed by atoms with Crippen LogP contribution in [-0.2, 0) is 0 Å². The van der Waals surface area contributed by atoms with Crippen molar-refractivity contribution in [2.24, 2.45) is 5.41 Å². The van der Waals surface area contributed by atoms with Crippen LogP contribution in [-0.4, -0.2) is 11.7 Å². The van der Waals surface area contributed by atoms with Gasteiger partial charge in [-0.05, 0) is 24.7 Å². The Labute approximate surface area is 147 Å². The summed E-state index contributed by atoms with van der Waals surface area (Å²) < 4.78 is 0. The van der Waals surface area contributed by atoms with Crippen LogP contribution in [0.2, 0.25) is 0 Å². The summed E-state index contributed by atoms with van der Waals surface area (Å²) in [7, 11) is 0. The van der Waals surface area contributed by atoms with E-state index in [1.807, 2.05) is 0 Å². The van der Waals surface area contributed by atoms with Crippen LogP contribution in [0.15, 0.2) is 0 Å². The largest absolute Gasteiger partial charge is 0.396 e. The second-order valence-corrected chi connectivity index (χ2v) is 7.80. The van der Waals surface area contributed by atoms with Crippen LogP contribution >= 0.6 is 0 Å². The lowest BCUT2D eigenvalue weighted by Crippen LogP contribution is -2.25. The fraction of sp³-hybridized carbons (Fsp3) is 1.00. The molecule has 0 bridgehead atoms. The predicted molar refractivity (Wildman–Crippen MR) is 105 cm³/mol. The zero-order valence-electron chi connectivity index (χ0n) is 16.7. The van der Waals surface area contributed by atoms with E-state index in [2.05, 4.69) is 20.8 Å². The smallest absolute Gasteiger partial charge is 0.0487 e. The molecule has 0 radical (unpaired) electrons. The zero-order chi connectivity index (χ0) is 17.2. The molecule has 1 N–H and O–H groups in total. The molecule has 0 fully saturated rings. The highest BCUT2D eigenvalue weighted by atomic mass is 16.3. The normalized spacial score (nSPS) is 12.0. The molecule has 0 aliphatic heterocycles. The molecule has 1 nitrogen and oxygen atoms in total. The lowest BCUT2D eigenvalue weighted by molar-refractivity contribution is 0.0863.